The Labute approximate surface area is 116 Å². The number of carbonyl (C=O) groups is 1. The zero-order valence-electron chi connectivity index (χ0n) is 11.1. The Bertz CT molecular complexity index is 565. The minimum atomic E-state index is -0.0793. The molecule has 1 aromatic heterocycles. The lowest BCUT2D eigenvalue weighted by molar-refractivity contribution is 0.0951. The quantitative estimate of drug-likeness (QED) is 0.882. The largest absolute Gasteiger partial charge is 0.385 e. The summed E-state index contributed by atoms with van der Waals surface area (Å²) >= 11 is 1.56. The molecule has 1 heterocycles. The van der Waals surface area contributed by atoms with Crippen molar-refractivity contribution < 1.29 is 4.79 Å². The smallest absolute Gasteiger partial charge is 0.253 e. The van der Waals surface area contributed by atoms with Crippen LogP contribution in [0.25, 0.3) is 0 Å². The first-order valence-electron chi connectivity index (χ1n) is 6.22. The SMILES string of the molecule is CCNc1ccccc1C(=O)NCc1nc(C)cs1. The Morgan fingerprint density at radius 2 is 2.16 bits per heavy atom. The number of para-hydroxylation sites is 1. The summed E-state index contributed by atoms with van der Waals surface area (Å²) in [5.74, 6) is -0.0793. The number of hydrogen-bond acceptors (Lipinski definition) is 4. The first-order valence-corrected chi connectivity index (χ1v) is 7.10. The molecule has 100 valence electrons. The summed E-state index contributed by atoms with van der Waals surface area (Å²) in [4.78, 5) is 16.5. The van der Waals surface area contributed by atoms with E-state index in [0.717, 1.165) is 22.9 Å². The van der Waals surface area contributed by atoms with Gasteiger partial charge in [0, 0.05) is 23.3 Å². The summed E-state index contributed by atoms with van der Waals surface area (Å²) in [5, 5.41) is 8.99. The molecule has 0 saturated heterocycles. The van der Waals surface area contributed by atoms with Crippen molar-refractivity contribution in [2.45, 2.75) is 20.4 Å². The van der Waals surface area contributed by atoms with E-state index in [9.17, 15) is 4.79 Å². The Morgan fingerprint density at radius 1 is 1.37 bits per heavy atom. The van der Waals surface area contributed by atoms with Crippen LogP contribution in [0.4, 0.5) is 5.69 Å². The third-order valence-corrected chi connectivity index (χ3v) is 3.57. The van der Waals surface area contributed by atoms with Gasteiger partial charge in [-0.3, -0.25) is 4.79 Å². The first-order chi connectivity index (χ1) is 9.20. The van der Waals surface area contributed by atoms with Gasteiger partial charge in [-0.25, -0.2) is 4.98 Å². The maximum Gasteiger partial charge on any atom is 0.253 e. The Balaban J connectivity index is 2.03. The fourth-order valence-corrected chi connectivity index (χ4v) is 2.47. The Kier molecular flexibility index (Phi) is 4.52. The van der Waals surface area contributed by atoms with Crippen LogP contribution in [0.5, 0.6) is 0 Å². The van der Waals surface area contributed by atoms with Gasteiger partial charge in [0.05, 0.1) is 12.1 Å². The van der Waals surface area contributed by atoms with Gasteiger partial charge >= 0.3 is 0 Å². The number of hydrogen-bond donors (Lipinski definition) is 2. The highest BCUT2D eigenvalue weighted by Crippen LogP contribution is 2.15. The highest BCUT2D eigenvalue weighted by atomic mass is 32.1. The third kappa shape index (κ3) is 3.54. The van der Waals surface area contributed by atoms with Crippen LogP contribution in [-0.4, -0.2) is 17.4 Å². The van der Waals surface area contributed by atoms with Gasteiger partial charge in [0.15, 0.2) is 0 Å². The van der Waals surface area contributed by atoms with E-state index in [1.54, 1.807) is 11.3 Å². The first kappa shape index (κ1) is 13.5. The molecule has 0 bridgehead atoms. The Hall–Kier alpha value is -1.88. The molecule has 4 nitrogen and oxygen atoms in total. The van der Waals surface area contributed by atoms with Crippen LogP contribution in [0.3, 0.4) is 0 Å². The van der Waals surface area contributed by atoms with Crippen LogP contribution in [0.15, 0.2) is 29.6 Å². The second kappa shape index (κ2) is 6.33. The number of rotatable bonds is 5. The van der Waals surface area contributed by atoms with Gasteiger partial charge in [-0.05, 0) is 26.0 Å². The van der Waals surface area contributed by atoms with Crippen LogP contribution >= 0.6 is 11.3 Å². The summed E-state index contributed by atoms with van der Waals surface area (Å²) in [6.45, 7) is 5.21. The maximum atomic E-state index is 12.1. The van der Waals surface area contributed by atoms with Crippen molar-refractivity contribution >= 4 is 22.9 Å². The summed E-state index contributed by atoms with van der Waals surface area (Å²) in [5.41, 5.74) is 2.51. The average molecular weight is 275 g/mol. The number of amides is 1. The molecule has 1 aromatic carbocycles. The van der Waals surface area contributed by atoms with Crippen molar-refractivity contribution in [2.75, 3.05) is 11.9 Å². The molecule has 0 aliphatic rings. The Morgan fingerprint density at radius 3 is 2.84 bits per heavy atom. The van der Waals surface area contributed by atoms with Crippen molar-refractivity contribution in [1.82, 2.24) is 10.3 Å². The highest BCUT2D eigenvalue weighted by Gasteiger charge is 2.10. The minimum absolute atomic E-state index is 0.0793. The number of nitrogens with one attached hydrogen (secondary N) is 2. The number of thiazole rings is 1. The van der Waals surface area contributed by atoms with Gasteiger partial charge in [0.2, 0.25) is 0 Å². The lowest BCUT2D eigenvalue weighted by atomic mass is 10.1. The van der Waals surface area contributed by atoms with Crippen LogP contribution in [0.2, 0.25) is 0 Å². The molecule has 0 aliphatic heterocycles. The number of aromatic nitrogens is 1. The van der Waals surface area contributed by atoms with Gasteiger partial charge in [-0.2, -0.15) is 0 Å². The van der Waals surface area contributed by atoms with Gasteiger partial charge in [0.1, 0.15) is 5.01 Å². The summed E-state index contributed by atoms with van der Waals surface area (Å²) in [7, 11) is 0. The van der Waals surface area contributed by atoms with Gasteiger partial charge in [-0.15, -0.1) is 11.3 Å². The molecule has 0 unspecified atom stereocenters. The molecular weight excluding hydrogens is 258 g/mol. The molecule has 0 radical (unpaired) electrons. The van der Waals surface area contributed by atoms with Crippen molar-refractivity contribution in [3.8, 4) is 0 Å². The van der Waals surface area contributed by atoms with E-state index in [4.69, 9.17) is 0 Å². The molecule has 2 N–H and O–H groups in total. The van der Waals surface area contributed by atoms with Crippen molar-refractivity contribution in [2.24, 2.45) is 0 Å². The molecule has 0 saturated carbocycles. The number of aryl methyl sites for hydroxylation is 1. The fraction of sp³-hybridized carbons (Fsp3) is 0.286. The molecule has 0 aliphatic carbocycles. The number of anilines is 1. The number of benzene rings is 1. The molecule has 5 heteroatoms. The van der Waals surface area contributed by atoms with Crippen LogP contribution < -0.4 is 10.6 Å². The second-order valence-corrected chi connectivity index (χ2v) is 5.08. The normalized spacial score (nSPS) is 10.2. The van der Waals surface area contributed by atoms with E-state index in [0.29, 0.717) is 12.1 Å². The van der Waals surface area contributed by atoms with Gasteiger partial charge in [0.25, 0.3) is 5.91 Å². The molecule has 1 amide bonds. The van der Waals surface area contributed by atoms with Crippen molar-refractivity contribution in [3.05, 3.63) is 45.9 Å². The fourth-order valence-electron chi connectivity index (χ4n) is 1.76. The van der Waals surface area contributed by atoms with Gasteiger partial charge < -0.3 is 10.6 Å². The summed E-state index contributed by atoms with van der Waals surface area (Å²) in [6.07, 6.45) is 0. The lowest BCUT2D eigenvalue weighted by Crippen LogP contribution is -2.23. The average Bonchev–Trinajstić information content (AvgIpc) is 2.83. The molecule has 0 spiro atoms. The molecule has 0 fully saturated rings. The van der Waals surface area contributed by atoms with Crippen LogP contribution in [0.1, 0.15) is 28.0 Å². The van der Waals surface area contributed by atoms with Crippen molar-refractivity contribution in [1.29, 1.82) is 0 Å². The zero-order chi connectivity index (χ0) is 13.7. The molecule has 19 heavy (non-hydrogen) atoms. The predicted octanol–water partition coefficient (Wildman–Crippen LogP) is 2.81. The zero-order valence-corrected chi connectivity index (χ0v) is 11.9. The van der Waals surface area contributed by atoms with E-state index in [1.807, 2.05) is 43.5 Å². The van der Waals surface area contributed by atoms with E-state index in [2.05, 4.69) is 15.6 Å². The van der Waals surface area contributed by atoms with E-state index in [1.165, 1.54) is 0 Å². The van der Waals surface area contributed by atoms with Gasteiger partial charge in [-0.1, -0.05) is 12.1 Å². The van der Waals surface area contributed by atoms with Crippen molar-refractivity contribution in [3.63, 3.8) is 0 Å². The van der Waals surface area contributed by atoms with Crippen LogP contribution in [0, 0.1) is 6.92 Å². The van der Waals surface area contributed by atoms with Crippen LogP contribution in [-0.2, 0) is 6.54 Å². The van der Waals surface area contributed by atoms with E-state index in [-0.39, 0.29) is 5.91 Å². The molecular formula is C14H17N3OS. The maximum absolute atomic E-state index is 12.1. The summed E-state index contributed by atoms with van der Waals surface area (Å²) in [6, 6.07) is 7.51. The minimum Gasteiger partial charge on any atom is -0.385 e. The monoisotopic (exact) mass is 275 g/mol. The number of nitrogens with zero attached hydrogens (tertiary/aromatic N) is 1. The lowest BCUT2D eigenvalue weighted by Gasteiger charge is -2.10. The topological polar surface area (TPSA) is 54.0 Å². The third-order valence-electron chi connectivity index (χ3n) is 2.61. The molecule has 2 aromatic rings. The highest BCUT2D eigenvalue weighted by molar-refractivity contribution is 7.09. The standard InChI is InChI=1S/C14H17N3OS/c1-3-15-12-7-5-4-6-11(12)14(18)16-8-13-17-10(2)9-19-13/h4-7,9,15H,3,8H2,1-2H3,(H,16,18). The molecule has 2 rings (SSSR count). The molecule has 0 atom stereocenters. The van der Waals surface area contributed by atoms with E-state index >= 15 is 0 Å². The predicted molar refractivity (Wildman–Crippen MR) is 78.6 cm³/mol. The second-order valence-electron chi connectivity index (χ2n) is 4.14. The van der Waals surface area contributed by atoms with E-state index < -0.39 is 0 Å². The number of carbonyl (C=O) groups excluding carboxylic acids is 1. The summed E-state index contributed by atoms with van der Waals surface area (Å²) < 4.78 is 0.